The summed E-state index contributed by atoms with van der Waals surface area (Å²) in [5.74, 6) is 2.33. The van der Waals surface area contributed by atoms with Crippen LogP contribution in [-0.2, 0) is 6.54 Å². The number of anilines is 2. The molecule has 2 heterocycles. The Bertz CT molecular complexity index is 583. The van der Waals surface area contributed by atoms with Crippen molar-refractivity contribution >= 4 is 11.9 Å². The first-order valence-electron chi connectivity index (χ1n) is 7.04. The van der Waals surface area contributed by atoms with Crippen LogP contribution in [0.2, 0.25) is 0 Å². The average molecular weight is 286 g/mol. The number of nitrogens with one attached hydrogen (secondary N) is 1. The fraction of sp³-hybridized carbons (Fsp3) is 0.467. The first kappa shape index (κ1) is 15.2. The van der Waals surface area contributed by atoms with E-state index in [1.165, 1.54) is 5.56 Å². The summed E-state index contributed by atoms with van der Waals surface area (Å²) in [4.78, 5) is 19.4. The molecule has 0 radical (unpaired) electrons. The van der Waals surface area contributed by atoms with Gasteiger partial charge in [0, 0.05) is 39.0 Å². The Labute approximate surface area is 125 Å². The van der Waals surface area contributed by atoms with Gasteiger partial charge in [-0.3, -0.25) is 4.98 Å². The van der Waals surface area contributed by atoms with Gasteiger partial charge in [-0.15, -0.1) is 0 Å². The lowest BCUT2D eigenvalue weighted by atomic mass is 10.1. The number of pyridine rings is 1. The molecule has 2 rings (SSSR count). The smallest absolute Gasteiger partial charge is 0.229 e. The van der Waals surface area contributed by atoms with E-state index in [1.807, 2.05) is 38.2 Å². The monoisotopic (exact) mass is 286 g/mol. The number of hydrogen-bond donors (Lipinski definition) is 1. The van der Waals surface area contributed by atoms with Gasteiger partial charge in [0.05, 0.1) is 0 Å². The van der Waals surface area contributed by atoms with E-state index in [-0.39, 0.29) is 5.92 Å². The molecule has 2 aromatic heterocycles. The molecular weight excluding hydrogens is 264 g/mol. The second-order valence-electron chi connectivity index (χ2n) is 5.52. The average Bonchev–Trinajstić information content (AvgIpc) is 2.46. The predicted molar refractivity (Wildman–Crippen MR) is 84.5 cm³/mol. The normalized spacial score (nSPS) is 10.8. The van der Waals surface area contributed by atoms with Gasteiger partial charge >= 0.3 is 0 Å². The zero-order chi connectivity index (χ0) is 15.4. The van der Waals surface area contributed by atoms with Crippen molar-refractivity contribution in [2.45, 2.75) is 33.2 Å². The van der Waals surface area contributed by atoms with Gasteiger partial charge in [0.25, 0.3) is 0 Å². The largest absolute Gasteiger partial charge is 0.350 e. The lowest BCUT2D eigenvalue weighted by Gasteiger charge is -2.15. The molecule has 112 valence electrons. The second kappa shape index (κ2) is 6.47. The van der Waals surface area contributed by atoms with Crippen LogP contribution in [0.4, 0.5) is 11.9 Å². The first-order valence-corrected chi connectivity index (χ1v) is 7.04. The fourth-order valence-corrected chi connectivity index (χ4v) is 1.79. The predicted octanol–water partition coefficient (Wildman–Crippen LogP) is 2.38. The van der Waals surface area contributed by atoms with Crippen LogP contribution in [-0.4, -0.2) is 34.0 Å². The number of aryl methyl sites for hydroxylation is 1. The zero-order valence-corrected chi connectivity index (χ0v) is 13.3. The highest BCUT2D eigenvalue weighted by atomic mass is 15.3. The lowest BCUT2D eigenvalue weighted by molar-refractivity contribution is 0.754. The van der Waals surface area contributed by atoms with Crippen LogP contribution in [0.25, 0.3) is 0 Å². The van der Waals surface area contributed by atoms with Crippen LogP contribution in [0.3, 0.4) is 0 Å². The molecule has 0 unspecified atom stereocenters. The van der Waals surface area contributed by atoms with Gasteiger partial charge < -0.3 is 10.2 Å². The van der Waals surface area contributed by atoms with Crippen molar-refractivity contribution in [1.29, 1.82) is 0 Å². The molecule has 0 atom stereocenters. The zero-order valence-electron chi connectivity index (χ0n) is 13.3. The summed E-state index contributed by atoms with van der Waals surface area (Å²) in [6.07, 6.45) is 3.65. The molecule has 0 fully saturated rings. The SMILES string of the molecule is Cc1cnccc1CNc1nc(C(C)C)nc(N(C)C)n1. The topological polar surface area (TPSA) is 66.8 Å². The number of rotatable bonds is 5. The van der Waals surface area contributed by atoms with Crippen LogP contribution in [0, 0.1) is 6.92 Å². The molecule has 0 amide bonds. The minimum absolute atomic E-state index is 0.259. The minimum Gasteiger partial charge on any atom is -0.350 e. The molecule has 6 nitrogen and oxygen atoms in total. The van der Waals surface area contributed by atoms with Crippen molar-refractivity contribution in [3.05, 3.63) is 35.4 Å². The maximum Gasteiger partial charge on any atom is 0.229 e. The maximum absolute atomic E-state index is 4.48. The van der Waals surface area contributed by atoms with Gasteiger partial charge in [0.2, 0.25) is 11.9 Å². The molecule has 0 aliphatic rings. The van der Waals surface area contributed by atoms with Crippen molar-refractivity contribution < 1.29 is 0 Å². The van der Waals surface area contributed by atoms with Gasteiger partial charge in [0.15, 0.2) is 0 Å². The van der Waals surface area contributed by atoms with Crippen molar-refractivity contribution in [3.63, 3.8) is 0 Å². The highest BCUT2D eigenvalue weighted by Gasteiger charge is 2.11. The van der Waals surface area contributed by atoms with E-state index in [1.54, 1.807) is 6.20 Å². The van der Waals surface area contributed by atoms with Crippen LogP contribution in [0.15, 0.2) is 18.5 Å². The van der Waals surface area contributed by atoms with E-state index in [2.05, 4.69) is 39.1 Å². The van der Waals surface area contributed by atoms with Crippen molar-refractivity contribution in [3.8, 4) is 0 Å². The Balaban J connectivity index is 2.21. The van der Waals surface area contributed by atoms with Crippen molar-refractivity contribution in [2.75, 3.05) is 24.3 Å². The quantitative estimate of drug-likeness (QED) is 0.910. The number of aromatic nitrogens is 4. The Hall–Kier alpha value is -2.24. The molecule has 0 saturated carbocycles. The molecule has 2 aromatic rings. The van der Waals surface area contributed by atoms with Gasteiger partial charge in [-0.2, -0.15) is 15.0 Å². The Morgan fingerprint density at radius 1 is 1.19 bits per heavy atom. The van der Waals surface area contributed by atoms with E-state index in [0.29, 0.717) is 18.4 Å². The van der Waals surface area contributed by atoms with Gasteiger partial charge in [-0.1, -0.05) is 13.8 Å². The molecule has 6 heteroatoms. The minimum atomic E-state index is 0.259. The fourth-order valence-electron chi connectivity index (χ4n) is 1.79. The molecule has 0 bridgehead atoms. The summed E-state index contributed by atoms with van der Waals surface area (Å²) in [5, 5.41) is 3.28. The number of hydrogen-bond acceptors (Lipinski definition) is 6. The number of nitrogens with zero attached hydrogens (tertiary/aromatic N) is 5. The summed E-state index contributed by atoms with van der Waals surface area (Å²) < 4.78 is 0. The first-order chi connectivity index (χ1) is 9.97. The molecule has 0 aliphatic heterocycles. The molecule has 21 heavy (non-hydrogen) atoms. The lowest BCUT2D eigenvalue weighted by Crippen LogP contribution is -2.17. The molecule has 0 aromatic carbocycles. The Morgan fingerprint density at radius 2 is 1.95 bits per heavy atom. The van der Waals surface area contributed by atoms with Crippen molar-refractivity contribution in [1.82, 2.24) is 19.9 Å². The third-order valence-corrected chi connectivity index (χ3v) is 3.13. The Morgan fingerprint density at radius 3 is 2.57 bits per heavy atom. The van der Waals surface area contributed by atoms with E-state index in [0.717, 1.165) is 11.4 Å². The van der Waals surface area contributed by atoms with E-state index in [4.69, 9.17) is 0 Å². The summed E-state index contributed by atoms with van der Waals surface area (Å²) in [6.45, 7) is 6.86. The Kier molecular flexibility index (Phi) is 4.67. The van der Waals surface area contributed by atoms with Gasteiger partial charge in [-0.05, 0) is 24.1 Å². The maximum atomic E-state index is 4.48. The summed E-state index contributed by atoms with van der Waals surface area (Å²) in [5.41, 5.74) is 2.33. The standard InChI is InChI=1S/C15H22N6/c1-10(2)13-18-14(20-15(19-13)21(4)5)17-9-12-6-7-16-8-11(12)3/h6-8,10H,9H2,1-5H3,(H,17,18,19,20). The third-order valence-electron chi connectivity index (χ3n) is 3.13. The van der Waals surface area contributed by atoms with E-state index < -0.39 is 0 Å². The molecule has 0 aliphatic carbocycles. The van der Waals surface area contributed by atoms with Crippen LogP contribution in [0.5, 0.6) is 0 Å². The molecular formula is C15H22N6. The third kappa shape index (κ3) is 3.87. The second-order valence-corrected chi connectivity index (χ2v) is 5.52. The highest BCUT2D eigenvalue weighted by molar-refractivity contribution is 5.37. The molecule has 0 saturated heterocycles. The summed E-state index contributed by atoms with van der Waals surface area (Å²) in [6, 6.07) is 2.00. The van der Waals surface area contributed by atoms with Crippen LogP contribution >= 0.6 is 0 Å². The van der Waals surface area contributed by atoms with Gasteiger partial charge in [-0.25, -0.2) is 0 Å². The van der Waals surface area contributed by atoms with Crippen LogP contribution < -0.4 is 10.2 Å². The summed E-state index contributed by atoms with van der Waals surface area (Å²) >= 11 is 0. The highest BCUT2D eigenvalue weighted by Crippen LogP contribution is 2.16. The van der Waals surface area contributed by atoms with E-state index >= 15 is 0 Å². The van der Waals surface area contributed by atoms with Crippen LogP contribution in [0.1, 0.15) is 36.7 Å². The van der Waals surface area contributed by atoms with Gasteiger partial charge in [0.1, 0.15) is 5.82 Å². The van der Waals surface area contributed by atoms with E-state index in [9.17, 15) is 0 Å². The molecule has 1 N–H and O–H groups in total. The summed E-state index contributed by atoms with van der Waals surface area (Å²) in [7, 11) is 3.85. The molecule has 0 spiro atoms. The van der Waals surface area contributed by atoms with Crippen molar-refractivity contribution in [2.24, 2.45) is 0 Å².